The van der Waals surface area contributed by atoms with E-state index in [1.165, 1.54) is 0 Å². The number of para-hydroxylation sites is 1. The quantitative estimate of drug-likeness (QED) is 0.220. The molecule has 0 radical (unpaired) electrons. The Bertz CT molecular complexity index is 1450. The highest BCUT2D eigenvalue weighted by molar-refractivity contribution is 9.10. The van der Waals surface area contributed by atoms with Crippen LogP contribution in [0.15, 0.2) is 156 Å². The third-order valence-corrected chi connectivity index (χ3v) is 6.95. The topological polar surface area (TPSA) is 15.7 Å². The number of anilines is 2. The van der Waals surface area contributed by atoms with Crippen LogP contribution in [0.4, 0.5) is 11.4 Å². The number of hydrogen-bond donors (Lipinski definition) is 0. The molecule has 1 aliphatic heterocycles. The van der Waals surface area contributed by atoms with Crippen molar-refractivity contribution < 1.29 is 4.84 Å². The van der Waals surface area contributed by atoms with Gasteiger partial charge in [0.05, 0.1) is 11.3 Å². The summed E-state index contributed by atoms with van der Waals surface area (Å²) in [7, 11) is 0. The zero-order valence-electron chi connectivity index (χ0n) is 20.1. The Balaban J connectivity index is 1.66. The van der Waals surface area contributed by atoms with E-state index < -0.39 is 0 Å². The molecular weight excluding hydrogens is 520 g/mol. The summed E-state index contributed by atoms with van der Waals surface area (Å²) >= 11 is 3.61. The van der Waals surface area contributed by atoms with E-state index in [4.69, 9.17) is 4.84 Å². The lowest BCUT2D eigenvalue weighted by Crippen LogP contribution is -2.30. The van der Waals surface area contributed by atoms with E-state index in [1.807, 2.05) is 41.5 Å². The van der Waals surface area contributed by atoms with Crippen molar-refractivity contribution >= 4 is 32.9 Å². The third-order valence-electron chi connectivity index (χ3n) is 6.42. The normalized spacial score (nSPS) is 14.9. The molecular formula is C33H25BrN2O. The third kappa shape index (κ3) is 4.64. The zero-order chi connectivity index (χ0) is 25.0. The van der Waals surface area contributed by atoms with Gasteiger partial charge in [-0.1, -0.05) is 125 Å². The Labute approximate surface area is 226 Å². The molecule has 3 nitrogen and oxygen atoms in total. The Morgan fingerprint density at radius 1 is 0.541 bits per heavy atom. The van der Waals surface area contributed by atoms with Crippen LogP contribution in [0.3, 0.4) is 0 Å². The molecule has 1 aliphatic rings. The molecule has 4 heteroatoms. The second-order valence-electron chi connectivity index (χ2n) is 8.80. The monoisotopic (exact) mass is 544 g/mol. The first kappa shape index (κ1) is 23.1. The van der Waals surface area contributed by atoms with Gasteiger partial charge in [-0.15, -0.1) is 0 Å². The Hall–Kier alpha value is -4.28. The van der Waals surface area contributed by atoms with E-state index in [2.05, 4.69) is 130 Å². The Kier molecular flexibility index (Phi) is 6.49. The lowest BCUT2D eigenvalue weighted by Gasteiger charge is -2.29. The first-order valence-electron chi connectivity index (χ1n) is 12.3. The summed E-state index contributed by atoms with van der Waals surface area (Å²) < 4.78 is 1.03. The SMILES string of the molecule is Brc1ccc(N2C(=C(c3ccccc3)c3ccccc3)ON(c3ccccc3)C2c2ccccc2)cc1. The van der Waals surface area contributed by atoms with Gasteiger partial charge in [-0.3, -0.25) is 4.90 Å². The van der Waals surface area contributed by atoms with E-state index >= 15 is 0 Å². The molecule has 0 spiro atoms. The fourth-order valence-electron chi connectivity index (χ4n) is 4.73. The van der Waals surface area contributed by atoms with Crippen molar-refractivity contribution in [3.05, 3.63) is 173 Å². The minimum absolute atomic E-state index is 0.220. The van der Waals surface area contributed by atoms with Gasteiger partial charge in [0.15, 0.2) is 6.17 Å². The summed E-state index contributed by atoms with van der Waals surface area (Å²) in [6.45, 7) is 0. The van der Waals surface area contributed by atoms with Crippen molar-refractivity contribution in [1.82, 2.24) is 0 Å². The van der Waals surface area contributed by atoms with Gasteiger partial charge in [0, 0.05) is 10.2 Å². The van der Waals surface area contributed by atoms with Crippen LogP contribution in [0, 0.1) is 0 Å². The maximum Gasteiger partial charge on any atom is 0.238 e. The summed E-state index contributed by atoms with van der Waals surface area (Å²) in [5, 5.41) is 2.01. The molecule has 0 amide bonds. The van der Waals surface area contributed by atoms with Crippen LogP contribution < -0.4 is 9.96 Å². The number of rotatable bonds is 5. The van der Waals surface area contributed by atoms with Gasteiger partial charge in [0.1, 0.15) is 0 Å². The van der Waals surface area contributed by atoms with Gasteiger partial charge in [0.25, 0.3) is 0 Å². The molecule has 0 aromatic heterocycles. The zero-order valence-corrected chi connectivity index (χ0v) is 21.7. The van der Waals surface area contributed by atoms with Crippen LogP contribution in [0.1, 0.15) is 22.9 Å². The molecule has 1 saturated heterocycles. The lowest BCUT2D eigenvalue weighted by molar-refractivity contribution is 0.215. The lowest BCUT2D eigenvalue weighted by atomic mass is 9.97. The smallest absolute Gasteiger partial charge is 0.238 e. The summed E-state index contributed by atoms with van der Waals surface area (Å²) in [6.07, 6.45) is -0.220. The molecule has 0 bridgehead atoms. The molecule has 1 atom stereocenters. The fraction of sp³-hybridized carbons (Fsp3) is 0.0303. The molecule has 0 aliphatic carbocycles. The van der Waals surface area contributed by atoms with Crippen LogP contribution in [0.2, 0.25) is 0 Å². The predicted molar refractivity (Wildman–Crippen MR) is 155 cm³/mol. The number of halogens is 1. The van der Waals surface area contributed by atoms with Crippen molar-refractivity contribution in [1.29, 1.82) is 0 Å². The van der Waals surface area contributed by atoms with E-state index in [9.17, 15) is 0 Å². The minimum atomic E-state index is -0.220. The molecule has 180 valence electrons. The predicted octanol–water partition coefficient (Wildman–Crippen LogP) is 8.82. The largest absolute Gasteiger partial charge is 0.358 e. The maximum atomic E-state index is 6.91. The van der Waals surface area contributed by atoms with Gasteiger partial charge in [-0.05, 0) is 53.1 Å². The molecule has 6 rings (SSSR count). The summed E-state index contributed by atoms with van der Waals surface area (Å²) in [5.41, 5.74) is 6.36. The van der Waals surface area contributed by atoms with Gasteiger partial charge < -0.3 is 4.84 Å². The van der Waals surface area contributed by atoms with Crippen molar-refractivity contribution in [2.24, 2.45) is 0 Å². The number of hydrogen-bond acceptors (Lipinski definition) is 3. The van der Waals surface area contributed by atoms with E-state index in [1.54, 1.807) is 0 Å². The summed E-state index contributed by atoms with van der Waals surface area (Å²) in [6, 6.07) is 50.1. The standard InChI is InChI=1S/C33H25BrN2O/c34-28-21-23-29(24-22-28)35-32(27-17-9-3-10-18-27)36(30-19-11-4-12-20-30)37-33(35)31(25-13-5-1-6-14-25)26-15-7-2-8-16-26/h1-24,32H. The average molecular weight is 545 g/mol. The second-order valence-corrected chi connectivity index (χ2v) is 9.71. The minimum Gasteiger partial charge on any atom is -0.358 e. The average Bonchev–Trinajstić information content (AvgIpc) is 3.36. The van der Waals surface area contributed by atoms with E-state index in [0.29, 0.717) is 0 Å². The van der Waals surface area contributed by atoms with Crippen LogP contribution >= 0.6 is 15.9 Å². The van der Waals surface area contributed by atoms with Crippen LogP contribution in [-0.2, 0) is 4.84 Å². The van der Waals surface area contributed by atoms with E-state index in [-0.39, 0.29) is 6.17 Å². The highest BCUT2D eigenvalue weighted by atomic mass is 79.9. The van der Waals surface area contributed by atoms with Crippen LogP contribution in [0.5, 0.6) is 0 Å². The summed E-state index contributed by atoms with van der Waals surface area (Å²) in [5.74, 6) is 0.775. The molecule has 1 fully saturated rings. The highest BCUT2D eigenvalue weighted by Gasteiger charge is 2.42. The Morgan fingerprint density at radius 2 is 1.03 bits per heavy atom. The highest BCUT2D eigenvalue weighted by Crippen LogP contribution is 2.46. The fourth-order valence-corrected chi connectivity index (χ4v) is 5.00. The maximum absolute atomic E-state index is 6.91. The van der Waals surface area contributed by atoms with Crippen LogP contribution in [-0.4, -0.2) is 0 Å². The van der Waals surface area contributed by atoms with Crippen molar-refractivity contribution in [3.63, 3.8) is 0 Å². The molecule has 5 aromatic carbocycles. The van der Waals surface area contributed by atoms with Gasteiger partial charge in [-0.25, -0.2) is 0 Å². The molecule has 1 unspecified atom stereocenters. The molecule has 0 N–H and O–H groups in total. The first-order valence-corrected chi connectivity index (χ1v) is 13.1. The van der Waals surface area contributed by atoms with Gasteiger partial charge >= 0.3 is 0 Å². The summed E-state index contributed by atoms with van der Waals surface area (Å²) in [4.78, 5) is 9.21. The van der Waals surface area contributed by atoms with Gasteiger partial charge in [-0.2, -0.15) is 5.06 Å². The number of nitrogens with zero attached hydrogens (tertiary/aromatic N) is 2. The van der Waals surface area contributed by atoms with Gasteiger partial charge in [0.2, 0.25) is 5.88 Å². The van der Waals surface area contributed by atoms with Crippen molar-refractivity contribution in [2.75, 3.05) is 9.96 Å². The van der Waals surface area contributed by atoms with Crippen LogP contribution in [0.25, 0.3) is 5.57 Å². The van der Waals surface area contributed by atoms with E-state index in [0.717, 1.165) is 44.0 Å². The second kappa shape index (κ2) is 10.4. The molecule has 37 heavy (non-hydrogen) atoms. The number of hydroxylamine groups is 1. The van der Waals surface area contributed by atoms with Crippen molar-refractivity contribution in [3.8, 4) is 0 Å². The Morgan fingerprint density at radius 3 is 1.57 bits per heavy atom. The molecule has 0 saturated carbocycles. The molecule has 5 aromatic rings. The molecule has 1 heterocycles. The number of benzene rings is 5. The van der Waals surface area contributed by atoms with Crippen molar-refractivity contribution in [2.45, 2.75) is 6.17 Å². The first-order chi connectivity index (χ1) is 18.3.